The molecule has 0 bridgehead atoms. The zero-order valence-corrected chi connectivity index (χ0v) is 4.13. The van der Waals surface area contributed by atoms with E-state index in [0.29, 0.717) is 0 Å². The van der Waals surface area contributed by atoms with Crippen LogP contribution in [0.25, 0.3) is 0 Å². The summed E-state index contributed by atoms with van der Waals surface area (Å²) in [4.78, 5) is 14.8. The first-order valence-electron chi connectivity index (χ1n) is 2.05. The van der Waals surface area contributed by atoms with Gasteiger partial charge in [0.05, 0.1) is 0 Å². The fourth-order valence-electron chi connectivity index (χ4n) is 0.272. The third-order valence-corrected chi connectivity index (χ3v) is 0.526. The molecule has 1 rings (SSSR count). The molecule has 0 aliphatic carbocycles. The summed E-state index contributed by atoms with van der Waals surface area (Å²) in [6.07, 6.45) is 0. The highest BCUT2D eigenvalue weighted by Crippen LogP contribution is 2.07. The van der Waals surface area contributed by atoms with Gasteiger partial charge in [0, 0.05) is 0 Å². The molecule has 0 aromatic carbocycles. The molecule has 9 heteroatoms. The highest BCUT2D eigenvalue weighted by Gasteiger charge is 2.36. The average Bonchev–Trinajstić information content (AvgIpc) is 1.78. The lowest BCUT2D eigenvalue weighted by atomic mass is 10.1. The first-order chi connectivity index (χ1) is 4.10. The predicted molar refractivity (Wildman–Crippen MR) is 22.5 cm³/mol. The minimum Gasteiger partial charge on any atom is -0.531 e. The summed E-state index contributed by atoms with van der Waals surface area (Å²) in [7, 11) is -1.75. The second-order valence-electron chi connectivity index (χ2n) is 1.33. The van der Waals surface area contributed by atoms with Crippen molar-refractivity contribution in [3.8, 4) is 0 Å². The van der Waals surface area contributed by atoms with Crippen molar-refractivity contribution in [2.75, 3.05) is 0 Å². The van der Waals surface area contributed by atoms with E-state index in [1.807, 2.05) is 0 Å². The number of rotatable bonds is 0. The predicted octanol–water partition coefficient (Wildman–Crippen LogP) is -2.71. The first-order valence-corrected chi connectivity index (χ1v) is 2.05. The topological polar surface area (TPSA) is 97.6 Å². The molecule has 0 radical (unpaired) electrons. The SMILES string of the molecule is OB1OO[B-](O)(O)OO1. The van der Waals surface area contributed by atoms with E-state index in [0.717, 1.165) is 0 Å². The Morgan fingerprint density at radius 1 is 1.11 bits per heavy atom. The van der Waals surface area contributed by atoms with Crippen molar-refractivity contribution in [3.05, 3.63) is 0 Å². The monoisotopic (exact) mass is 137 g/mol. The lowest BCUT2D eigenvalue weighted by Crippen LogP contribution is -2.51. The molecule has 0 amide bonds. The maximum absolute atomic E-state index is 8.30. The Hall–Kier alpha value is -0.150. The van der Waals surface area contributed by atoms with Crippen molar-refractivity contribution in [2.45, 2.75) is 0 Å². The molecule has 0 aromatic heterocycles. The lowest BCUT2D eigenvalue weighted by Gasteiger charge is -2.31. The van der Waals surface area contributed by atoms with Crippen molar-refractivity contribution < 1.29 is 34.3 Å². The van der Waals surface area contributed by atoms with E-state index in [1.54, 1.807) is 0 Å². The molecule has 0 saturated carbocycles. The van der Waals surface area contributed by atoms with E-state index in [2.05, 4.69) is 19.2 Å². The molecule has 52 valence electrons. The molecule has 1 heterocycles. The molecule has 0 aromatic rings. The lowest BCUT2D eigenvalue weighted by molar-refractivity contribution is -0.335. The fourth-order valence-corrected chi connectivity index (χ4v) is 0.272. The Labute approximate surface area is 49.8 Å². The highest BCUT2D eigenvalue weighted by molar-refractivity contribution is 6.51. The zero-order valence-electron chi connectivity index (χ0n) is 4.13. The average molecular weight is 137 g/mol. The van der Waals surface area contributed by atoms with Crippen LogP contribution in [0.15, 0.2) is 0 Å². The summed E-state index contributed by atoms with van der Waals surface area (Å²) in [5.41, 5.74) is 0. The van der Waals surface area contributed by atoms with Gasteiger partial charge in [0.2, 0.25) is 0 Å². The van der Waals surface area contributed by atoms with Gasteiger partial charge in [-0.05, 0) is 0 Å². The van der Waals surface area contributed by atoms with Gasteiger partial charge >= 0.3 is 14.3 Å². The molecule has 7 nitrogen and oxygen atoms in total. The van der Waals surface area contributed by atoms with Crippen LogP contribution in [-0.4, -0.2) is 29.4 Å². The van der Waals surface area contributed by atoms with E-state index >= 15 is 0 Å². The van der Waals surface area contributed by atoms with Gasteiger partial charge in [-0.3, -0.25) is 9.61 Å². The Morgan fingerprint density at radius 2 is 1.56 bits per heavy atom. The third-order valence-electron chi connectivity index (χ3n) is 0.526. The summed E-state index contributed by atoms with van der Waals surface area (Å²) in [6.45, 7) is -3.53. The molecular formula is H3B2O7-. The minimum absolute atomic E-state index is 1.75. The Morgan fingerprint density at radius 3 is 1.89 bits per heavy atom. The van der Waals surface area contributed by atoms with Gasteiger partial charge < -0.3 is 24.7 Å². The van der Waals surface area contributed by atoms with Gasteiger partial charge in [-0.15, -0.1) is 0 Å². The van der Waals surface area contributed by atoms with Crippen LogP contribution in [0.5, 0.6) is 0 Å². The van der Waals surface area contributed by atoms with Gasteiger partial charge in [-0.25, -0.2) is 0 Å². The van der Waals surface area contributed by atoms with Crippen LogP contribution in [0.3, 0.4) is 0 Å². The second-order valence-corrected chi connectivity index (χ2v) is 1.33. The molecule has 0 spiro atoms. The molecule has 0 unspecified atom stereocenters. The van der Waals surface area contributed by atoms with E-state index < -0.39 is 14.3 Å². The summed E-state index contributed by atoms with van der Waals surface area (Å²) in [5.74, 6) is 0. The van der Waals surface area contributed by atoms with Crippen LogP contribution in [0.2, 0.25) is 0 Å². The van der Waals surface area contributed by atoms with E-state index in [1.165, 1.54) is 0 Å². The van der Waals surface area contributed by atoms with Crippen molar-refractivity contribution >= 4 is 14.3 Å². The van der Waals surface area contributed by atoms with Crippen LogP contribution in [-0.2, 0) is 19.2 Å². The smallest absolute Gasteiger partial charge is 0.531 e. The van der Waals surface area contributed by atoms with E-state index in [-0.39, 0.29) is 0 Å². The largest absolute Gasteiger partial charge is 0.686 e. The molecule has 1 fully saturated rings. The Kier molecular flexibility index (Phi) is 1.73. The summed E-state index contributed by atoms with van der Waals surface area (Å²) >= 11 is 0. The number of hydrogen-bond donors (Lipinski definition) is 3. The van der Waals surface area contributed by atoms with Crippen molar-refractivity contribution in [3.63, 3.8) is 0 Å². The summed E-state index contributed by atoms with van der Waals surface area (Å²) in [5, 5.41) is 24.8. The highest BCUT2D eigenvalue weighted by atomic mass is 17.4. The van der Waals surface area contributed by atoms with Gasteiger partial charge in [0.15, 0.2) is 0 Å². The van der Waals surface area contributed by atoms with Crippen LogP contribution in [0.1, 0.15) is 0 Å². The Balaban J connectivity index is 2.35. The Bertz CT molecular complexity index is 89.1. The summed E-state index contributed by atoms with van der Waals surface area (Å²) in [6, 6.07) is 0. The van der Waals surface area contributed by atoms with Crippen LogP contribution >= 0.6 is 0 Å². The van der Waals surface area contributed by atoms with Gasteiger partial charge in [-0.2, -0.15) is 0 Å². The standard InChI is InChI=1S/B2H3O7/c3-1-6-8-2(4,5)9-7-1/h3-5H/q-1. The van der Waals surface area contributed by atoms with Crippen LogP contribution < -0.4 is 0 Å². The van der Waals surface area contributed by atoms with Crippen molar-refractivity contribution in [1.82, 2.24) is 0 Å². The molecule has 1 saturated heterocycles. The van der Waals surface area contributed by atoms with Crippen molar-refractivity contribution in [2.24, 2.45) is 0 Å². The van der Waals surface area contributed by atoms with Gasteiger partial charge in [-0.1, -0.05) is 0 Å². The normalized spacial score (nSPS) is 26.3. The van der Waals surface area contributed by atoms with Gasteiger partial charge in [0.25, 0.3) is 0 Å². The van der Waals surface area contributed by atoms with Gasteiger partial charge in [0.1, 0.15) is 0 Å². The van der Waals surface area contributed by atoms with E-state index in [4.69, 9.17) is 15.1 Å². The summed E-state index contributed by atoms with van der Waals surface area (Å²) < 4.78 is 0. The quantitative estimate of drug-likeness (QED) is 0.246. The molecule has 9 heavy (non-hydrogen) atoms. The van der Waals surface area contributed by atoms with Crippen molar-refractivity contribution in [1.29, 1.82) is 0 Å². The number of hydrogen-bond acceptors (Lipinski definition) is 7. The van der Waals surface area contributed by atoms with E-state index in [9.17, 15) is 0 Å². The third kappa shape index (κ3) is 1.91. The zero-order chi connectivity index (χ0) is 6.91. The maximum atomic E-state index is 8.30. The fraction of sp³-hybridized carbons (Fsp3) is 0. The molecule has 1 aliphatic rings. The molecular weight excluding hydrogens is 134 g/mol. The first kappa shape index (κ1) is 6.96. The van der Waals surface area contributed by atoms with Crippen LogP contribution in [0, 0.1) is 0 Å². The minimum atomic E-state index is -3.53. The maximum Gasteiger partial charge on any atom is 0.686 e. The molecule has 0 atom stereocenters. The molecule has 1 aliphatic heterocycles. The molecule has 3 N–H and O–H groups in total. The van der Waals surface area contributed by atoms with Crippen LogP contribution in [0.4, 0.5) is 0 Å². The second kappa shape index (κ2) is 2.23.